The molecule has 4 heteroatoms. The van der Waals surface area contributed by atoms with Gasteiger partial charge in [-0.05, 0) is 31.4 Å². The first-order chi connectivity index (χ1) is 10.2. The number of aliphatic hydroxyl groups excluding tert-OH is 1. The van der Waals surface area contributed by atoms with Crippen LogP contribution in [0.15, 0.2) is 30.3 Å². The number of anilines is 1. The Balaban J connectivity index is 1.58. The topological polar surface area (TPSA) is 35.9 Å². The van der Waals surface area contributed by atoms with Crippen LogP contribution in [0.25, 0.3) is 0 Å². The maximum Gasteiger partial charge on any atom is 0.0728 e. The molecule has 1 aromatic rings. The van der Waals surface area contributed by atoms with Crippen molar-refractivity contribution in [3.05, 3.63) is 30.3 Å². The highest BCUT2D eigenvalue weighted by Gasteiger charge is 2.43. The quantitative estimate of drug-likeness (QED) is 0.916. The van der Waals surface area contributed by atoms with Crippen LogP contribution in [0.3, 0.4) is 0 Å². The number of piperidine rings is 1. The van der Waals surface area contributed by atoms with Crippen molar-refractivity contribution in [2.45, 2.75) is 30.9 Å². The molecule has 0 aromatic heterocycles. The minimum absolute atomic E-state index is 0.0691. The van der Waals surface area contributed by atoms with Gasteiger partial charge in [0.25, 0.3) is 0 Å². The summed E-state index contributed by atoms with van der Waals surface area (Å²) in [7, 11) is 2.17. The Morgan fingerprint density at radius 3 is 2.67 bits per heavy atom. The van der Waals surface area contributed by atoms with Gasteiger partial charge in [-0.3, -0.25) is 0 Å². The molecule has 0 saturated carbocycles. The number of hydrogen-bond acceptors (Lipinski definition) is 4. The number of aliphatic hydroxyl groups is 1. The number of ether oxygens (including phenoxy) is 1. The minimum Gasteiger partial charge on any atom is -0.395 e. The van der Waals surface area contributed by atoms with Gasteiger partial charge in [0.1, 0.15) is 0 Å². The standard InChI is InChI=1S/C17H26N2O2/c1-18(15-5-3-2-4-6-15)16-13-17(21-14-16)7-9-19(10-8-17)11-12-20/h2-6,16,20H,7-14H2,1H3/t16-/m1/s1. The molecule has 3 rings (SSSR count). The largest absolute Gasteiger partial charge is 0.395 e. The van der Waals surface area contributed by atoms with Gasteiger partial charge in [-0.25, -0.2) is 0 Å². The Hall–Kier alpha value is -1.10. The lowest BCUT2D eigenvalue weighted by Gasteiger charge is -2.38. The zero-order valence-electron chi connectivity index (χ0n) is 12.9. The van der Waals surface area contributed by atoms with Crippen LogP contribution >= 0.6 is 0 Å². The second-order valence-corrected chi connectivity index (χ2v) is 6.36. The van der Waals surface area contributed by atoms with Crippen molar-refractivity contribution in [3.8, 4) is 0 Å². The van der Waals surface area contributed by atoms with Crippen molar-refractivity contribution >= 4 is 5.69 Å². The highest BCUT2D eigenvalue weighted by Crippen LogP contribution is 2.38. The summed E-state index contributed by atoms with van der Waals surface area (Å²) in [6.07, 6.45) is 3.30. The SMILES string of the molecule is CN(c1ccccc1)[C@H]1COC2(CCN(CCO)CC2)C1. The number of likely N-dealkylation sites (N-methyl/N-ethyl adjacent to an activating group) is 1. The summed E-state index contributed by atoms with van der Waals surface area (Å²) in [6.45, 7) is 3.96. The molecule has 0 amide bonds. The van der Waals surface area contributed by atoms with Gasteiger partial charge in [-0.15, -0.1) is 0 Å². The monoisotopic (exact) mass is 290 g/mol. The van der Waals surface area contributed by atoms with Gasteiger partial charge in [0, 0.05) is 32.4 Å². The molecule has 4 nitrogen and oxygen atoms in total. The van der Waals surface area contributed by atoms with Crippen LogP contribution in [0.1, 0.15) is 19.3 Å². The molecule has 1 aromatic carbocycles. The predicted molar refractivity (Wildman–Crippen MR) is 84.7 cm³/mol. The number of hydrogen-bond donors (Lipinski definition) is 1. The third-order valence-corrected chi connectivity index (χ3v) is 5.08. The number of β-amino-alcohol motifs (C(OH)–C–C–N with tert-alkyl or cyclic N) is 1. The molecule has 0 bridgehead atoms. The average molecular weight is 290 g/mol. The second-order valence-electron chi connectivity index (χ2n) is 6.36. The van der Waals surface area contributed by atoms with Crippen molar-refractivity contribution < 1.29 is 9.84 Å². The third-order valence-electron chi connectivity index (χ3n) is 5.08. The molecule has 2 aliphatic rings. The van der Waals surface area contributed by atoms with E-state index in [9.17, 15) is 0 Å². The fourth-order valence-corrected chi connectivity index (χ4v) is 3.62. The summed E-state index contributed by atoms with van der Waals surface area (Å²) in [4.78, 5) is 4.69. The molecule has 2 fully saturated rings. The zero-order valence-corrected chi connectivity index (χ0v) is 12.9. The van der Waals surface area contributed by atoms with E-state index in [1.54, 1.807) is 0 Å². The first-order valence-electron chi connectivity index (χ1n) is 7.97. The number of rotatable bonds is 4. The van der Waals surface area contributed by atoms with Gasteiger partial charge in [0.2, 0.25) is 0 Å². The summed E-state index contributed by atoms with van der Waals surface area (Å²) in [5.41, 5.74) is 1.33. The van der Waals surface area contributed by atoms with E-state index < -0.39 is 0 Å². The molecule has 21 heavy (non-hydrogen) atoms. The summed E-state index contributed by atoms with van der Waals surface area (Å²) in [6, 6.07) is 11.0. The van der Waals surface area contributed by atoms with E-state index in [1.807, 2.05) is 0 Å². The fraction of sp³-hybridized carbons (Fsp3) is 0.647. The van der Waals surface area contributed by atoms with Crippen molar-refractivity contribution in [1.82, 2.24) is 4.90 Å². The third kappa shape index (κ3) is 3.23. The fourth-order valence-electron chi connectivity index (χ4n) is 3.62. The lowest BCUT2D eigenvalue weighted by atomic mass is 9.87. The van der Waals surface area contributed by atoms with Crippen LogP contribution in [0.4, 0.5) is 5.69 Å². The molecule has 0 unspecified atom stereocenters. The summed E-state index contributed by atoms with van der Waals surface area (Å²) in [5, 5.41) is 9.04. The van der Waals surface area contributed by atoms with E-state index in [1.165, 1.54) is 5.69 Å². The number of benzene rings is 1. The highest BCUT2D eigenvalue weighted by atomic mass is 16.5. The summed E-state index contributed by atoms with van der Waals surface area (Å²) >= 11 is 0. The molecule has 116 valence electrons. The van der Waals surface area contributed by atoms with Gasteiger partial charge in [0.15, 0.2) is 0 Å². The first kappa shape index (κ1) is 14.8. The van der Waals surface area contributed by atoms with E-state index in [4.69, 9.17) is 9.84 Å². The van der Waals surface area contributed by atoms with Crippen LogP contribution in [-0.2, 0) is 4.74 Å². The predicted octanol–water partition coefficient (Wildman–Crippen LogP) is 1.74. The molecule has 2 heterocycles. The van der Waals surface area contributed by atoms with E-state index >= 15 is 0 Å². The molecule has 1 atom stereocenters. The normalized spacial score (nSPS) is 25.3. The zero-order chi connectivity index (χ0) is 14.7. The lowest BCUT2D eigenvalue weighted by Crippen LogP contribution is -2.45. The maximum absolute atomic E-state index is 9.04. The van der Waals surface area contributed by atoms with Crippen molar-refractivity contribution in [1.29, 1.82) is 0 Å². The highest BCUT2D eigenvalue weighted by molar-refractivity contribution is 5.46. The van der Waals surface area contributed by atoms with Gasteiger partial charge in [-0.2, -0.15) is 0 Å². The molecule has 1 spiro atoms. The number of nitrogens with zero attached hydrogens (tertiary/aromatic N) is 2. The van der Waals surface area contributed by atoms with Crippen LogP contribution in [-0.4, -0.2) is 61.5 Å². The van der Waals surface area contributed by atoms with Crippen LogP contribution < -0.4 is 4.90 Å². The molecule has 0 radical (unpaired) electrons. The van der Waals surface area contributed by atoms with Gasteiger partial charge < -0.3 is 19.6 Å². The number of likely N-dealkylation sites (tertiary alicyclic amines) is 1. The van der Waals surface area contributed by atoms with Crippen LogP contribution in [0.5, 0.6) is 0 Å². The lowest BCUT2D eigenvalue weighted by molar-refractivity contribution is -0.0451. The van der Waals surface area contributed by atoms with Crippen molar-refractivity contribution in [3.63, 3.8) is 0 Å². The van der Waals surface area contributed by atoms with Crippen molar-refractivity contribution in [2.24, 2.45) is 0 Å². The van der Waals surface area contributed by atoms with Gasteiger partial charge >= 0.3 is 0 Å². The minimum atomic E-state index is 0.0691. The molecule has 0 aliphatic carbocycles. The molecular weight excluding hydrogens is 264 g/mol. The second kappa shape index (κ2) is 6.34. The van der Waals surface area contributed by atoms with Crippen molar-refractivity contribution in [2.75, 3.05) is 44.8 Å². The summed E-state index contributed by atoms with van der Waals surface area (Å²) in [5.74, 6) is 0. The van der Waals surface area contributed by atoms with Gasteiger partial charge in [-0.1, -0.05) is 18.2 Å². The van der Waals surface area contributed by atoms with E-state index in [0.717, 1.165) is 45.5 Å². The maximum atomic E-state index is 9.04. The Labute approximate surface area is 127 Å². The van der Waals surface area contributed by atoms with E-state index in [-0.39, 0.29) is 12.2 Å². The molecule has 2 aliphatic heterocycles. The van der Waals surface area contributed by atoms with Crippen LogP contribution in [0, 0.1) is 0 Å². The van der Waals surface area contributed by atoms with E-state index in [2.05, 4.69) is 47.2 Å². The Bertz CT molecular complexity index is 443. The summed E-state index contributed by atoms with van der Waals surface area (Å²) < 4.78 is 6.23. The Morgan fingerprint density at radius 1 is 1.29 bits per heavy atom. The molecule has 1 N–H and O–H groups in total. The van der Waals surface area contributed by atoms with Gasteiger partial charge in [0.05, 0.1) is 24.9 Å². The Kier molecular flexibility index (Phi) is 4.48. The molecule has 2 saturated heterocycles. The van der Waals surface area contributed by atoms with Crippen LogP contribution in [0.2, 0.25) is 0 Å². The average Bonchev–Trinajstić information content (AvgIpc) is 2.94. The van der Waals surface area contributed by atoms with E-state index in [0.29, 0.717) is 6.04 Å². The first-order valence-corrected chi connectivity index (χ1v) is 7.97. The Morgan fingerprint density at radius 2 is 2.00 bits per heavy atom. The number of para-hydroxylation sites is 1. The smallest absolute Gasteiger partial charge is 0.0728 e. The molecular formula is C17H26N2O2.